The first kappa shape index (κ1) is 13.8. The number of hydrogen-bond acceptors (Lipinski definition) is 3. The van der Waals surface area contributed by atoms with Crippen molar-refractivity contribution in [2.45, 2.75) is 6.92 Å². The third-order valence-electron chi connectivity index (χ3n) is 3.43. The van der Waals surface area contributed by atoms with E-state index in [1.165, 1.54) is 0 Å². The third-order valence-corrected chi connectivity index (χ3v) is 3.43. The van der Waals surface area contributed by atoms with Gasteiger partial charge in [0.15, 0.2) is 0 Å². The molecule has 3 N–H and O–H groups in total. The van der Waals surface area contributed by atoms with Crippen molar-refractivity contribution in [3.8, 4) is 11.3 Å². The first-order chi connectivity index (χ1) is 10.6. The number of carboxylic acid groups (broad SMARTS) is 1. The average molecular weight is 295 g/mol. The molecule has 0 saturated heterocycles. The number of rotatable bonds is 2. The molecule has 0 saturated carbocycles. The van der Waals surface area contributed by atoms with E-state index in [1.807, 2.05) is 19.1 Å². The summed E-state index contributed by atoms with van der Waals surface area (Å²) in [5, 5.41) is 19.0. The Morgan fingerprint density at radius 2 is 1.91 bits per heavy atom. The average Bonchev–Trinajstić information content (AvgIpc) is 2.48. The van der Waals surface area contributed by atoms with Crippen molar-refractivity contribution in [3.05, 3.63) is 58.4 Å². The first-order valence-corrected chi connectivity index (χ1v) is 6.64. The third kappa shape index (κ3) is 2.42. The van der Waals surface area contributed by atoms with Gasteiger partial charge in [0.05, 0.1) is 11.1 Å². The standard InChI is InChI=1S/C16H13N3O3/c1-9-8-10(17-16(21)22)6-7-11(9)14-12-4-2-3-5-13(12)15(20)19-18-14/h2-8,17H,1H3,(H,19,20)(H,21,22). The van der Waals surface area contributed by atoms with Crippen molar-refractivity contribution in [2.24, 2.45) is 0 Å². The van der Waals surface area contributed by atoms with Crippen molar-refractivity contribution in [3.63, 3.8) is 0 Å². The summed E-state index contributed by atoms with van der Waals surface area (Å²) in [5.74, 6) is 0. The largest absolute Gasteiger partial charge is 0.465 e. The van der Waals surface area contributed by atoms with Gasteiger partial charge < -0.3 is 5.11 Å². The number of aryl methyl sites for hydroxylation is 1. The van der Waals surface area contributed by atoms with Crippen LogP contribution in [-0.4, -0.2) is 21.4 Å². The van der Waals surface area contributed by atoms with Gasteiger partial charge in [0.1, 0.15) is 0 Å². The van der Waals surface area contributed by atoms with Gasteiger partial charge in [-0.2, -0.15) is 5.10 Å². The maximum Gasteiger partial charge on any atom is 0.409 e. The summed E-state index contributed by atoms with van der Waals surface area (Å²) in [4.78, 5) is 22.5. The minimum atomic E-state index is -1.11. The molecule has 0 spiro atoms. The second-order valence-corrected chi connectivity index (χ2v) is 4.91. The number of amides is 1. The zero-order valence-electron chi connectivity index (χ0n) is 11.8. The predicted octanol–water partition coefficient (Wildman–Crippen LogP) is 2.99. The molecule has 110 valence electrons. The van der Waals surface area contributed by atoms with Crippen molar-refractivity contribution >= 4 is 22.6 Å². The molecule has 6 heteroatoms. The zero-order valence-corrected chi connectivity index (χ0v) is 11.8. The van der Waals surface area contributed by atoms with E-state index >= 15 is 0 Å². The normalized spacial score (nSPS) is 10.6. The maximum absolute atomic E-state index is 11.8. The highest BCUT2D eigenvalue weighted by Gasteiger charge is 2.11. The molecule has 3 aromatic rings. The Morgan fingerprint density at radius 1 is 1.18 bits per heavy atom. The number of H-pyrrole nitrogens is 1. The summed E-state index contributed by atoms with van der Waals surface area (Å²) >= 11 is 0. The SMILES string of the molecule is Cc1cc(NC(=O)O)ccc1-c1n[nH]c(=O)c2ccccc12. The van der Waals surface area contributed by atoms with Crippen LogP contribution >= 0.6 is 0 Å². The molecule has 2 aromatic carbocycles. The molecule has 1 heterocycles. The molecular weight excluding hydrogens is 282 g/mol. The van der Waals surface area contributed by atoms with Crippen LogP contribution in [0.15, 0.2) is 47.3 Å². The van der Waals surface area contributed by atoms with Crippen molar-refractivity contribution in [1.29, 1.82) is 0 Å². The van der Waals surface area contributed by atoms with Gasteiger partial charge in [-0.05, 0) is 30.7 Å². The van der Waals surface area contributed by atoms with E-state index in [1.54, 1.807) is 30.3 Å². The van der Waals surface area contributed by atoms with Crippen LogP contribution in [0.25, 0.3) is 22.0 Å². The fourth-order valence-electron chi connectivity index (χ4n) is 2.45. The number of aromatic amines is 1. The van der Waals surface area contributed by atoms with E-state index in [0.717, 1.165) is 16.5 Å². The Bertz CT molecular complexity index is 931. The highest BCUT2D eigenvalue weighted by atomic mass is 16.4. The highest BCUT2D eigenvalue weighted by molar-refractivity contribution is 5.95. The van der Waals surface area contributed by atoms with Crippen molar-refractivity contribution < 1.29 is 9.90 Å². The molecule has 0 unspecified atom stereocenters. The van der Waals surface area contributed by atoms with E-state index in [4.69, 9.17) is 5.11 Å². The fraction of sp³-hybridized carbons (Fsp3) is 0.0625. The van der Waals surface area contributed by atoms with Crippen LogP contribution in [0.3, 0.4) is 0 Å². The Hall–Kier alpha value is -3.15. The molecule has 22 heavy (non-hydrogen) atoms. The smallest absolute Gasteiger partial charge is 0.409 e. The van der Waals surface area contributed by atoms with Gasteiger partial charge in [-0.25, -0.2) is 9.89 Å². The summed E-state index contributed by atoms with van der Waals surface area (Å²) in [6.45, 7) is 1.87. The summed E-state index contributed by atoms with van der Waals surface area (Å²) in [6, 6.07) is 12.4. The number of nitrogens with zero attached hydrogens (tertiary/aromatic N) is 1. The van der Waals surface area contributed by atoms with Gasteiger partial charge >= 0.3 is 6.09 Å². The van der Waals surface area contributed by atoms with Crippen LogP contribution < -0.4 is 10.9 Å². The number of carbonyl (C=O) groups is 1. The number of hydrogen-bond donors (Lipinski definition) is 3. The monoisotopic (exact) mass is 295 g/mol. The maximum atomic E-state index is 11.8. The number of fused-ring (bicyclic) bond motifs is 1. The van der Waals surface area contributed by atoms with Gasteiger partial charge in [-0.15, -0.1) is 0 Å². The van der Waals surface area contributed by atoms with E-state index in [-0.39, 0.29) is 5.56 Å². The summed E-state index contributed by atoms with van der Waals surface area (Å²) in [6.07, 6.45) is -1.11. The van der Waals surface area contributed by atoms with E-state index in [0.29, 0.717) is 16.8 Å². The molecule has 3 rings (SSSR count). The Labute approximate surface area is 125 Å². The molecule has 0 fully saturated rings. The van der Waals surface area contributed by atoms with Crippen molar-refractivity contribution in [1.82, 2.24) is 10.2 Å². The van der Waals surface area contributed by atoms with Crippen molar-refractivity contribution in [2.75, 3.05) is 5.32 Å². The summed E-state index contributed by atoms with van der Waals surface area (Å²) < 4.78 is 0. The number of anilines is 1. The minimum absolute atomic E-state index is 0.235. The molecular formula is C16H13N3O3. The molecule has 0 radical (unpaired) electrons. The molecule has 0 aliphatic rings. The highest BCUT2D eigenvalue weighted by Crippen LogP contribution is 2.28. The van der Waals surface area contributed by atoms with Crippen LogP contribution in [0, 0.1) is 6.92 Å². The van der Waals surface area contributed by atoms with Crippen LogP contribution in [0.2, 0.25) is 0 Å². The minimum Gasteiger partial charge on any atom is -0.465 e. The van der Waals surface area contributed by atoms with Gasteiger partial charge in [-0.3, -0.25) is 10.1 Å². The number of aromatic nitrogens is 2. The predicted molar refractivity (Wildman–Crippen MR) is 84.2 cm³/mol. The molecule has 0 bridgehead atoms. The van der Waals surface area contributed by atoms with Crippen LogP contribution in [-0.2, 0) is 0 Å². The van der Waals surface area contributed by atoms with E-state index in [9.17, 15) is 9.59 Å². The van der Waals surface area contributed by atoms with E-state index < -0.39 is 6.09 Å². The second kappa shape index (κ2) is 5.33. The fourth-order valence-corrected chi connectivity index (χ4v) is 2.45. The van der Waals surface area contributed by atoms with Gasteiger partial charge in [0.25, 0.3) is 5.56 Å². The van der Waals surface area contributed by atoms with Crippen LogP contribution in [0.5, 0.6) is 0 Å². The summed E-state index contributed by atoms with van der Waals surface area (Å²) in [5.41, 5.74) is 2.61. The lowest BCUT2D eigenvalue weighted by Crippen LogP contribution is -2.10. The molecule has 0 aliphatic carbocycles. The first-order valence-electron chi connectivity index (χ1n) is 6.64. The molecule has 1 aromatic heterocycles. The quantitative estimate of drug-likeness (QED) is 0.677. The lowest BCUT2D eigenvalue weighted by atomic mass is 10.0. The zero-order chi connectivity index (χ0) is 15.7. The van der Waals surface area contributed by atoms with Gasteiger partial charge in [0, 0.05) is 16.6 Å². The van der Waals surface area contributed by atoms with Crippen LogP contribution in [0.1, 0.15) is 5.56 Å². The molecule has 0 atom stereocenters. The van der Waals surface area contributed by atoms with Gasteiger partial charge in [0.2, 0.25) is 0 Å². The van der Waals surface area contributed by atoms with E-state index in [2.05, 4.69) is 15.5 Å². The second-order valence-electron chi connectivity index (χ2n) is 4.91. The Kier molecular flexibility index (Phi) is 3.34. The Morgan fingerprint density at radius 3 is 2.59 bits per heavy atom. The van der Waals surface area contributed by atoms with Crippen LogP contribution in [0.4, 0.5) is 10.5 Å². The Balaban J connectivity index is 2.18. The topological polar surface area (TPSA) is 95.1 Å². The lowest BCUT2D eigenvalue weighted by molar-refractivity contribution is 0.210. The molecule has 6 nitrogen and oxygen atoms in total. The lowest BCUT2D eigenvalue weighted by Gasteiger charge is -2.10. The molecule has 0 aliphatic heterocycles. The number of benzene rings is 2. The molecule has 1 amide bonds. The van der Waals surface area contributed by atoms with Gasteiger partial charge in [-0.1, -0.05) is 24.3 Å². The summed E-state index contributed by atoms with van der Waals surface area (Å²) in [7, 11) is 0. The number of nitrogens with one attached hydrogen (secondary N) is 2.